The molecule has 6 nitrogen and oxygen atoms in total. The molecule has 0 unspecified atom stereocenters. The molecule has 178 valence electrons. The Morgan fingerprint density at radius 1 is 0.556 bits per heavy atom. The Labute approximate surface area is 216 Å². The Bertz CT molecular complexity index is 1420. The third-order valence-electron chi connectivity index (χ3n) is 5.99. The summed E-state index contributed by atoms with van der Waals surface area (Å²) in [7, 11) is 3.22. The molecule has 2 aliphatic heterocycles. The van der Waals surface area contributed by atoms with Gasteiger partial charge < -0.3 is 19.3 Å². The number of carbonyl (C=O) groups is 2. The number of rotatable bonds is 2. The summed E-state index contributed by atoms with van der Waals surface area (Å²) in [5.74, 6) is 1.55. The van der Waals surface area contributed by atoms with Crippen molar-refractivity contribution in [2.24, 2.45) is 0 Å². The van der Waals surface area contributed by atoms with E-state index in [0.29, 0.717) is 22.9 Å². The van der Waals surface area contributed by atoms with Gasteiger partial charge >= 0.3 is 11.8 Å². The Morgan fingerprint density at radius 2 is 0.944 bits per heavy atom. The van der Waals surface area contributed by atoms with Crippen molar-refractivity contribution in [3.8, 4) is 23.0 Å². The number of ether oxygens (including phenoxy) is 2. The van der Waals surface area contributed by atoms with Crippen molar-refractivity contribution in [3.05, 3.63) is 84.9 Å². The van der Waals surface area contributed by atoms with Crippen LogP contribution in [0.3, 0.4) is 0 Å². The highest BCUT2D eigenvalue weighted by atomic mass is 32.2. The number of carbonyl (C=O) groups excluding carboxylic acids is 2. The van der Waals surface area contributed by atoms with Crippen LogP contribution in [0.4, 0.5) is 11.4 Å². The van der Waals surface area contributed by atoms with Gasteiger partial charge in [-0.15, -0.1) is 0 Å². The molecule has 4 aromatic rings. The van der Waals surface area contributed by atoms with Crippen molar-refractivity contribution in [3.63, 3.8) is 0 Å². The second kappa shape index (κ2) is 8.96. The molecule has 0 radical (unpaired) electrons. The van der Waals surface area contributed by atoms with E-state index in [1.165, 1.54) is 33.3 Å². The van der Waals surface area contributed by atoms with E-state index in [0.717, 1.165) is 31.1 Å². The quantitative estimate of drug-likeness (QED) is 0.237. The van der Waals surface area contributed by atoms with Crippen molar-refractivity contribution in [2.75, 3.05) is 23.9 Å². The molecule has 0 bridgehead atoms. The zero-order valence-corrected chi connectivity index (χ0v) is 21.1. The van der Waals surface area contributed by atoms with Gasteiger partial charge in [0.05, 0.1) is 31.0 Å². The maximum Gasteiger partial charge on any atom is 0.316 e. The lowest BCUT2D eigenvalue weighted by Crippen LogP contribution is -2.42. The van der Waals surface area contributed by atoms with E-state index in [1.54, 1.807) is 14.1 Å². The maximum absolute atomic E-state index is 13.4. The molecule has 6 rings (SSSR count). The van der Waals surface area contributed by atoms with Crippen molar-refractivity contribution in [1.29, 1.82) is 0 Å². The molecule has 0 aromatic heterocycles. The molecule has 2 aliphatic rings. The Kier molecular flexibility index (Phi) is 5.62. The summed E-state index contributed by atoms with van der Waals surface area (Å²) < 4.78 is 12.1. The van der Waals surface area contributed by atoms with Gasteiger partial charge in [-0.2, -0.15) is 0 Å². The molecule has 0 atom stereocenters. The zero-order chi connectivity index (χ0) is 24.8. The number of anilines is 2. The first-order valence-electron chi connectivity index (χ1n) is 11.2. The predicted octanol–water partition coefficient (Wildman–Crippen LogP) is 6.83. The van der Waals surface area contributed by atoms with Gasteiger partial charge in [0.1, 0.15) is 23.0 Å². The zero-order valence-electron chi connectivity index (χ0n) is 19.4. The second-order valence-electron chi connectivity index (χ2n) is 8.24. The van der Waals surface area contributed by atoms with Crippen LogP contribution in [-0.2, 0) is 9.59 Å². The number of amides is 2. The lowest BCUT2D eigenvalue weighted by atomic mass is 10.2. The summed E-state index contributed by atoms with van der Waals surface area (Å²) in [4.78, 5) is 33.1. The highest BCUT2D eigenvalue weighted by Crippen LogP contribution is 2.52. The molecule has 2 amide bonds. The SMILES string of the molecule is CN(C(=O)C(=O)N(C)c1cccc2c1Sc1ccccc1O2)c1cccc2c1Sc1ccccc1O2. The average molecular weight is 513 g/mol. The summed E-state index contributed by atoms with van der Waals surface area (Å²) in [6.45, 7) is 0. The van der Waals surface area contributed by atoms with Crippen LogP contribution in [0.2, 0.25) is 0 Å². The van der Waals surface area contributed by atoms with Crippen molar-refractivity contribution >= 4 is 46.7 Å². The van der Waals surface area contributed by atoms with Gasteiger partial charge in [-0.1, -0.05) is 59.9 Å². The predicted molar refractivity (Wildman–Crippen MR) is 141 cm³/mol. The van der Waals surface area contributed by atoms with Gasteiger partial charge in [-0.05, 0) is 48.5 Å². The van der Waals surface area contributed by atoms with Gasteiger partial charge in [0.15, 0.2) is 0 Å². The number of hydrogen-bond donors (Lipinski definition) is 0. The van der Waals surface area contributed by atoms with Crippen LogP contribution in [0.25, 0.3) is 0 Å². The normalized spacial score (nSPS) is 12.6. The van der Waals surface area contributed by atoms with Crippen molar-refractivity contribution in [2.45, 2.75) is 19.6 Å². The molecule has 0 saturated heterocycles. The molecule has 8 heteroatoms. The van der Waals surface area contributed by atoms with Crippen LogP contribution < -0.4 is 19.3 Å². The third-order valence-corrected chi connectivity index (χ3v) is 8.34. The van der Waals surface area contributed by atoms with Crippen LogP contribution in [0.5, 0.6) is 23.0 Å². The molecular weight excluding hydrogens is 492 g/mol. The van der Waals surface area contributed by atoms with Gasteiger partial charge in [-0.25, -0.2) is 0 Å². The first-order valence-corrected chi connectivity index (χ1v) is 12.9. The number of hydrogen-bond acceptors (Lipinski definition) is 6. The monoisotopic (exact) mass is 512 g/mol. The molecule has 0 spiro atoms. The van der Waals surface area contributed by atoms with Crippen LogP contribution >= 0.6 is 23.5 Å². The standard InChI is InChI=1S/C28H20N2O4S2/c1-29(17-9-7-13-21-25(17)35-23-15-5-3-11-19(23)33-21)27(31)28(32)30(2)18-10-8-14-22-26(18)36-24-16-6-4-12-20(24)34-22/h3-16H,1-2H3. The van der Waals surface area contributed by atoms with E-state index in [1.807, 2.05) is 84.9 Å². The van der Waals surface area contributed by atoms with E-state index >= 15 is 0 Å². The second-order valence-corrected chi connectivity index (χ2v) is 10.3. The fourth-order valence-electron chi connectivity index (χ4n) is 4.10. The molecule has 0 N–H and O–H groups in total. The minimum Gasteiger partial charge on any atom is -0.455 e. The van der Waals surface area contributed by atoms with Crippen LogP contribution in [0.1, 0.15) is 0 Å². The van der Waals surface area contributed by atoms with Gasteiger partial charge in [0, 0.05) is 14.1 Å². The molecule has 0 saturated carbocycles. The minimum atomic E-state index is -0.648. The number of nitrogens with zero attached hydrogens (tertiary/aromatic N) is 2. The van der Waals surface area contributed by atoms with E-state index < -0.39 is 11.8 Å². The number of likely N-dealkylation sites (N-methyl/N-ethyl adjacent to an activating group) is 2. The van der Waals surface area contributed by atoms with Crippen LogP contribution in [-0.4, -0.2) is 25.9 Å². The summed E-state index contributed by atoms with van der Waals surface area (Å²) in [5.41, 5.74) is 1.22. The largest absolute Gasteiger partial charge is 0.455 e. The van der Waals surface area contributed by atoms with E-state index in [-0.39, 0.29) is 0 Å². The smallest absolute Gasteiger partial charge is 0.316 e. The maximum atomic E-state index is 13.4. The number of fused-ring (bicyclic) bond motifs is 4. The third kappa shape index (κ3) is 3.79. The van der Waals surface area contributed by atoms with Gasteiger partial charge in [0.2, 0.25) is 0 Å². The van der Waals surface area contributed by atoms with Gasteiger partial charge in [-0.3, -0.25) is 9.59 Å². The Hall–Kier alpha value is -3.88. The molecule has 0 aliphatic carbocycles. The average Bonchev–Trinajstić information content (AvgIpc) is 2.92. The summed E-state index contributed by atoms with van der Waals surface area (Å²) in [6.07, 6.45) is 0. The fourth-order valence-corrected chi connectivity index (χ4v) is 6.30. The van der Waals surface area contributed by atoms with Crippen molar-refractivity contribution in [1.82, 2.24) is 0 Å². The Balaban J connectivity index is 1.28. The number of benzene rings is 4. The number of para-hydroxylation sites is 2. The lowest BCUT2D eigenvalue weighted by Gasteiger charge is -2.28. The Morgan fingerprint density at radius 3 is 1.39 bits per heavy atom. The minimum absolute atomic E-state index is 0.612. The van der Waals surface area contributed by atoms with E-state index in [9.17, 15) is 9.59 Å². The van der Waals surface area contributed by atoms with Gasteiger partial charge in [0.25, 0.3) is 0 Å². The first-order chi connectivity index (χ1) is 17.5. The molecule has 0 fully saturated rings. The van der Waals surface area contributed by atoms with Crippen LogP contribution in [0, 0.1) is 0 Å². The molecule has 2 heterocycles. The molecule has 4 aromatic carbocycles. The first kappa shape index (κ1) is 22.6. The summed E-state index contributed by atoms with van der Waals surface area (Å²) in [6, 6.07) is 26.5. The van der Waals surface area contributed by atoms with E-state index in [4.69, 9.17) is 9.47 Å². The molecule has 36 heavy (non-hydrogen) atoms. The van der Waals surface area contributed by atoms with E-state index in [2.05, 4.69) is 0 Å². The van der Waals surface area contributed by atoms with Crippen LogP contribution in [0.15, 0.2) is 105 Å². The fraction of sp³-hybridized carbons (Fsp3) is 0.0714. The highest BCUT2D eigenvalue weighted by Gasteiger charge is 2.31. The molecular formula is C28H20N2O4S2. The van der Waals surface area contributed by atoms with Crippen molar-refractivity contribution < 1.29 is 19.1 Å². The summed E-state index contributed by atoms with van der Waals surface area (Å²) in [5, 5.41) is 0. The topological polar surface area (TPSA) is 59.1 Å². The lowest BCUT2D eigenvalue weighted by molar-refractivity contribution is -0.135. The summed E-state index contributed by atoms with van der Waals surface area (Å²) >= 11 is 3.04. The highest BCUT2D eigenvalue weighted by molar-refractivity contribution is 8.00.